The molecule has 6 nitrogen and oxygen atoms in total. The van der Waals surface area contributed by atoms with Crippen molar-refractivity contribution in [2.75, 3.05) is 24.1 Å². The molecule has 1 fully saturated rings. The molecule has 1 aliphatic rings. The summed E-state index contributed by atoms with van der Waals surface area (Å²) in [4.78, 5) is 8.04. The van der Waals surface area contributed by atoms with Crippen LogP contribution in [-0.4, -0.2) is 35.3 Å². The molecular weight excluding hydrogens is 216 g/mol. The normalized spacial score (nSPS) is 20.6. The van der Waals surface area contributed by atoms with Crippen LogP contribution in [0.1, 0.15) is 24.8 Å². The van der Waals surface area contributed by atoms with E-state index in [1.807, 2.05) is 0 Å². The van der Waals surface area contributed by atoms with Crippen LogP contribution in [0.5, 0.6) is 0 Å². The van der Waals surface area contributed by atoms with E-state index in [0.717, 1.165) is 19.5 Å². The van der Waals surface area contributed by atoms with E-state index in [9.17, 15) is 0 Å². The van der Waals surface area contributed by atoms with E-state index in [0.29, 0.717) is 23.2 Å². The third-order valence-electron chi connectivity index (χ3n) is 2.95. The number of nitrogens with two attached hydrogens (primary N) is 1. The molecule has 1 aromatic heterocycles. The summed E-state index contributed by atoms with van der Waals surface area (Å²) in [6, 6.07) is 0.338. The lowest BCUT2D eigenvalue weighted by molar-refractivity contribution is 0.633. The van der Waals surface area contributed by atoms with Gasteiger partial charge in [-0.1, -0.05) is 6.42 Å². The molecule has 92 valence electrons. The van der Waals surface area contributed by atoms with Gasteiger partial charge in [0.15, 0.2) is 0 Å². The minimum Gasteiger partial charge on any atom is -0.383 e. The third-order valence-corrected chi connectivity index (χ3v) is 2.95. The lowest BCUT2D eigenvalue weighted by Crippen LogP contribution is -2.31. The predicted octanol–water partition coefficient (Wildman–Crippen LogP) is 0.610. The van der Waals surface area contributed by atoms with Gasteiger partial charge >= 0.3 is 0 Å². The fourth-order valence-corrected chi connectivity index (χ4v) is 2.00. The van der Waals surface area contributed by atoms with Crippen molar-refractivity contribution >= 4 is 17.9 Å². The smallest absolute Gasteiger partial charge is 0.140 e. The van der Waals surface area contributed by atoms with Crippen molar-refractivity contribution in [1.29, 1.82) is 5.41 Å². The van der Waals surface area contributed by atoms with Gasteiger partial charge in [0.2, 0.25) is 0 Å². The summed E-state index contributed by atoms with van der Waals surface area (Å²) in [5, 5.41) is 14.1. The van der Waals surface area contributed by atoms with Crippen LogP contribution in [0.15, 0.2) is 6.33 Å². The SMILES string of the molecule is N=Cc1c(N)ncnc1NC1CCCCNC1. The van der Waals surface area contributed by atoms with E-state index in [-0.39, 0.29) is 0 Å². The summed E-state index contributed by atoms with van der Waals surface area (Å²) in [6.07, 6.45) is 6.14. The van der Waals surface area contributed by atoms with Gasteiger partial charge in [0, 0.05) is 18.8 Å². The Labute approximate surface area is 101 Å². The maximum atomic E-state index is 7.35. The van der Waals surface area contributed by atoms with Crippen LogP contribution < -0.4 is 16.4 Å². The first kappa shape index (κ1) is 11.8. The zero-order valence-electron chi connectivity index (χ0n) is 9.74. The Bertz CT molecular complexity index is 384. The van der Waals surface area contributed by atoms with Crippen molar-refractivity contribution in [3.63, 3.8) is 0 Å². The fraction of sp³-hybridized carbons (Fsp3) is 0.545. The van der Waals surface area contributed by atoms with Gasteiger partial charge in [0.05, 0.1) is 5.56 Å². The number of hydrogen-bond acceptors (Lipinski definition) is 6. The minimum atomic E-state index is 0.338. The molecular formula is C11H18N6. The second-order valence-electron chi connectivity index (χ2n) is 4.21. The largest absolute Gasteiger partial charge is 0.383 e. The molecule has 0 spiro atoms. The van der Waals surface area contributed by atoms with Gasteiger partial charge in [-0.2, -0.15) is 0 Å². The maximum Gasteiger partial charge on any atom is 0.140 e. The van der Waals surface area contributed by atoms with Crippen molar-refractivity contribution in [2.45, 2.75) is 25.3 Å². The molecule has 5 N–H and O–H groups in total. The van der Waals surface area contributed by atoms with Gasteiger partial charge in [-0.25, -0.2) is 9.97 Å². The topological polar surface area (TPSA) is 99.7 Å². The first-order valence-electron chi connectivity index (χ1n) is 5.89. The summed E-state index contributed by atoms with van der Waals surface area (Å²) in [5.41, 5.74) is 6.28. The molecule has 17 heavy (non-hydrogen) atoms. The van der Waals surface area contributed by atoms with Gasteiger partial charge in [0.1, 0.15) is 18.0 Å². The van der Waals surface area contributed by atoms with E-state index in [4.69, 9.17) is 11.1 Å². The molecule has 6 heteroatoms. The molecule has 0 amide bonds. The Balaban J connectivity index is 2.11. The number of aromatic nitrogens is 2. The molecule has 2 rings (SSSR count). The summed E-state index contributed by atoms with van der Waals surface area (Å²) >= 11 is 0. The monoisotopic (exact) mass is 234 g/mol. The molecule has 1 aliphatic heterocycles. The summed E-state index contributed by atoms with van der Waals surface area (Å²) in [7, 11) is 0. The highest BCUT2D eigenvalue weighted by atomic mass is 15.1. The molecule has 0 bridgehead atoms. The Morgan fingerprint density at radius 2 is 2.35 bits per heavy atom. The molecule has 0 aliphatic carbocycles. The van der Waals surface area contributed by atoms with E-state index in [1.165, 1.54) is 25.4 Å². The van der Waals surface area contributed by atoms with Crippen LogP contribution in [0.3, 0.4) is 0 Å². The average Bonchev–Trinajstić information content (AvgIpc) is 2.58. The Morgan fingerprint density at radius 1 is 1.47 bits per heavy atom. The van der Waals surface area contributed by atoms with Gasteiger partial charge in [-0.3, -0.25) is 0 Å². The average molecular weight is 234 g/mol. The zero-order chi connectivity index (χ0) is 12.1. The molecule has 1 aromatic rings. The predicted molar refractivity (Wildman–Crippen MR) is 68.5 cm³/mol. The number of anilines is 2. The molecule has 0 aromatic carbocycles. The molecule has 1 saturated heterocycles. The van der Waals surface area contributed by atoms with Crippen molar-refractivity contribution in [2.24, 2.45) is 0 Å². The second-order valence-corrected chi connectivity index (χ2v) is 4.21. The standard InChI is InChI=1S/C11H18N6/c12-5-9-10(13)15-7-16-11(9)17-8-3-1-2-4-14-6-8/h5,7-8,12,14H,1-4,6H2,(H3,13,15,16,17). The number of nitrogen functional groups attached to an aromatic ring is 1. The molecule has 1 atom stereocenters. The lowest BCUT2D eigenvalue weighted by atomic mass is 10.1. The number of rotatable bonds is 3. The van der Waals surface area contributed by atoms with Crippen LogP contribution in [-0.2, 0) is 0 Å². The van der Waals surface area contributed by atoms with Crippen LogP contribution in [0, 0.1) is 5.41 Å². The van der Waals surface area contributed by atoms with Crippen LogP contribution >= 0.6 is 0 Å². The van der Waals surface area contributed by atoms with Gasteiger partial charge in [0.25, 0.3) is 0 Å². The highest BCUT2D eigenvalue weighted by Crippen LogP contribution is 2.17. The number of nitrogens with zero attached hydrogens (tertiary/aromatic N) is 2. The van der Waals surface area contributed by atoms with Gasteiger partial charge < -0.3 is 21.8 Å². The Kier molecular flexibility index (Phi) is 3.87. The van der Waals surface area contributed by atoms with E-state index in [1.54, 1.807) is 0 Å². The number of hydrogen-bond donors (Lipinski definition) is 4. The highest BCUT2D eigenvalue weighted by Gasteiger charge is 2.14. The van der Waals surface area contributed by atoms with Crippen LogP contribution in [0.2, 0.25) is 0 Å². The van der Waals surface area contributed by atoms with Gasteiger partial charge in [-0.05, 0) is 19.4 Å². The van der Waals surface area contributed by atoms with Crippen LogP contribution in [0.4, 0.5) is 11.6 Å². The quantitative estimate of drug-likeness (QED) is 0.574. The lowest BCUT2D eigenvalue weighted by Gasteiger charge is -2.18. The van der Waals surface area contributed by atoms with E-state index < -0.39 is 0 Å². The van der Waals surface area contributed by atoms with Crippen molar-refractivity contribution in [3.05, 3.63) is 11.9 Å². The third kappa shape index (κ3) is 2.91. The Morgan fingerprint density at radius 3 is 3.18 bits per heavy atom. The summed E-state index contributed by atoms with van der Waals surface area (Å²) < 4.78 is 0. The zero-order valence-corrected chi connectivity index (χ0v) is 9.74. The van der Waals surface area contributed by atoms with Crippen molar-refractivity contribution in [1.82, 2.24) is 15.3 Å². The van der Waals surface area contributed by atoms with Crippen LogP contribution in [0.25, 0.3) is 0 Å². The molecule has 0 saturated carbocycles. The minimum absolute atomic E-state index is 0.338. The second kappa shape index (κ2) is 5.58. The maximum absolute atomic E-state index is 7.35. The first-order valence-corrected chi connectivity index (χ1v) is 5.89. The van der Waals surface area contributed by atoms with Crippen molar-refractivity contribution in [3.8, 4) is 0 Å². The highest BCUT2D eigenvalue weighted by molar-refractivity contribution is 5.89. The molecule has 1 unspecified atom stereocenters. The van der Waals surface area contributed by atoms with E-state index >= 15 is 0 Å². The Hall–Kier alpha value is -1.69. The molecule has 2 heterocycles. The first-order chi connectivity index (χ1) is 8.31. The fourth-order valence-electron chi connectivity index (χ4n) is 2.00. The van der Waals surface area contributed by atoms with E-state index in [2.05, 4.69) is 20.6 Å². The summed E-state index contributed by atoms with van der Waals surface area (Å²) in [6.45, 7) is 1.99. The molecule has 0 radical (unpaired) electrons. The summed E-state index contributed by atoms with van der Waals surface area (Å²) in [5.74, 6) is 1.00. The van der Waals surface area contributed by atoms with Crippen molar-refractivity contribution < 1.29 is 0 Å². The number of nitrogens with one attached hydrogen (secondary N) is 3. The van der Waals surface area contributed by atoms with Gasteiger partial charge in [-0.15, -0.1) is 0 Å².